The highest BCUT2D eigenvalue weighted by Crippen LogP contribution is 2.48. The van der Waals surface area contributed by atoms with Gasteiger partial charge in [0.05, 0.1) is 35.4 Å². The van der Waals surface area contributed by atoms with Gasteiger partial charge in [-0.05, 0) is 76.3 Å². The van der Waals surface area contributed by atoms with E-state index in [0.717, 1.165) is 32.1 Å². The van der Waals surface area contributed by atoms with Gasteiger partial charge in [-0.1, -0.05) is 43.5 Å². The molecule has 1 saturated heterocycles. The second-order valence-corrected chi connectivity index (χ2v) is 18.5. The summed E-state index contributed by atoms with van der Waals surface area (Å²) in [5.41, 5.74) is -2.19. The number of benzene rings is 1. The molecule has 17 heteroatoms. The molecule has 1 unspecified atom stereocenters. The number of allylic oxidation sites excluding steroid dienone is 1. The van der Waals surface area contributed by atoms with Crippen LogP contribution in [0.25, 0.3) is 11.0 Å². The quantitative estimate of drug-likeness (QED) is 0.377. The average Bonchev–Trinajstić information content (AvgIpc) is 4.07. The summed E-state index contributed by atoms with van der Waals surface area (Å²) in [7, 11) is -3.95. The fraction of sp³-hybridized carbons (Fsp3) is 0.641. The van der Waals surface area contributed by atoms with Crippen molar-refractivity contribution in [3.63, 3.8) is 0 Å². The van der Waals surface area contributed by atoms with Gasteiger partial charge in [-0.3, -0.25) is 19.1 Å². The maximum Gasteiger partial charge on any atom is 0.407 e. The summed E-state index contributed by atoms with van der Waals surface area (Å²) in [4.78, 5) is 65.9. The Hall–Kier alpha value is -4.41. The zero-order valence-electron chi connectivity index (χ0n) is 31.1. The minimum Gasteiger partial charge on any atom is -0.470 e. The van der Waals surface area contributed by atoms with Crippen molar-refractivity contribution in [3.8, 4) is 5.88 Å². The number of fused-ring (bicyclic) bond motifs is 7. The van der Waals surface area contributed by atoms with Crippen LogP contribution >= 0.6 is 0 Å². The second-order valence-electron chi connectivity index (χ2n) is 16.6. The number of alkyl halides is 2. The molecule has 3 aliphatic carbocycles. The molecule has 6 aliphatic rings. The summed E-state index contributed by atoms with van der Waals surface area (Å²) in [5, 5.41) is 4.90. The summed E-state index contributed by atoms with van der Waals surface area (Å²) in [6.45, 7) is -0.434. The first-order chi connectivity index (χ1) is 26.8. The van der Waals surface area contributed by atoms with E-state index in [4.69, 9.17) is 9.47 Å². The van der Waals surface area contributed by atoms with Crippen molar-refractivity contribution in [3.05, 3.63) is 42.1 Å². The number of hydrogen-bond donors (Lipinski definition) is 3. The first-order valence-electron chi connectivity index (χ1n) is 19.9. The van der Waals surface area contributed by atoms with Crippen LogP contribution in [0.4, 0.5) is 13.6 Å². The molecule has 3 aliphatic heterocycles. The molecule has 0 radical (unpaired) electrons. The van der Waals surface area contributed by atoms with Crippen molar-refractivity contribution < 1.29 is 45.9 Å². The molecule has 4 fully saturated rings. The van der Waals surface area contributed by atoms with Gasteiger partial charge in [0.2, 0.25) is 27.7 Å². The van der Waals surface area contributed by atoms with E-state index in [1.54, 1.807) is 24.3 Å². The molecule has 302 valence electrons. The number of rotatable bonds is 3. The lowest BCUT2D eigenvalue weighted by molar-refractivity contribution is -0.134. The van der Waals surface area contributed by atoms with Crippen molar-refractivity contribution in [2.45, 2.75) is 119 Å². The van der Waals surface area contributed by atoms with Gasteiger partial charge in [0.25, 0.3) is 11.8 Å². The number of amides is 4. The first-order valence-corrected chi connectivity index (χ1v) is 21.4. The van der Waals surface area contributed by atoms with E-state index >= 15 is 8.78 Å². The number of cyclic esters (lactones) is 1. The highest BCUT2D eigenvalue weighted by Gasteiger charge is 2.62. The Morgan fingerprint density at radius 3 is 2.39 bits per heavy atom. The van der Waals surface area contributed by atoms with E-state index in [1.807, 2.05) is 12.2 Å². The Morgan fingerprint density at radius 2 is 1.66 bits per heavy atom. The number of para-hydroxylation sites is 2. The topological polar surface area (TPSA) is 186 Å². The number of alkyl carbamates (subject to hydrolysis) is 1. The van der Waals surface area contributed by atoms with Crippen molar-refractivity contribution >= 4 is 44.9 Å². The number of hydrogen-bond acceptors (Lipinski definition) is 10. The van der Waals surface area contributed by atoms with E-state index in [2.05, 4.69) is 25.3 Å². The highest BCUT2D eigenvalue weighted by atomic mass is 32.2. The molecule has 5 atom stereocenters. The van der Waals surface area contributed by atoms with Gasteiger partial charge < -0.3 is 25.0 Å². The van der Waals surface area contributed by atoms with E-state index in [0.29, 0.717) is 44.0 Å². The van der Waals surface area contributed by atoms with E-state index in [9.17, 15) is 27.6 Å². The lowest BCUT2D eigenvalue weighted by atomic mass is 9.66. The lowest BCUT2D eigenvalue weighted by Crippen LogP contribution is -2.55. The maximum absolute atomic E-state index is 16.4. The summed E-state index contributed by atoms with van der Waals surface area (Å²) in [6, 6.07) is 5.53. The minimum absolute atomic E-state index is 0.0358. The van der Waals surface area contributed by atoms with Crippen LogP contribution in [0.2, 0.25) is 0 Å². The molecule has 8 rings (SSSR count). The van der Waals surface area contributed by atoms with Gasteiger partial charge in [-0.2, -0.15) is 8.78 Å². The van der Waals surface area contributed by atoms with Crippen molar-refractivity contribution in [2.75, 3.05) is 19.7 Å². The number of nitrogens with zero attached hydrogens (tertiary/aromatic N) is 3. The third kappa shape index (κ3) is 7.79. The van der Waals surface area contributed by atoms with Crippen LogP contribution in [0.5, 0.6) is 5.88 Å². The third-order valence-corrected chi connectivity index (χ3v) is 14.3. The summed E-state index contributed by atoms with van der Waals surface area (Å²) in [5.74, 6) is -7.76. The predicted octanol–water partition coefficient (Wildman–Crippen LogP) is 4.38. The number of ether oxygens (including phenoxy) is 2. The fourth-order valence-corrected chi connectivity index (χ4v) is 9.99. The Kier molecular flexibility index (Phi) is 10.2. The van der Waals surface area contributed by atoms with Gasteiger partial charge in [-0.15, -0.1) is 0 Å². The molecular formula is C39H48F2N6O8S. The smallest absolute Gasteiger partial charge is 0.407 e. The van der Waals surface area contributed by atoms with E-state index < -0.39 is 97.9 Å². The van der Waals surface area contributed by atoms with Crippen LogP contribution in [0.15, 0.2) is 36.4 Å². The van der Waals surface area contributed by atoms with Crippen molar-refractivity contribution in [1.29, 1.82) is 0 Å². The van der Waals surface area contributed by atoms with Crippen LogP contribution < -0.4 is 20.1 Å². The Balaban J connectivity index is 1.17. The molecule has 1 aromatic heterocycles. The average molecular weight is 799 g/mol. The number of carbonyl (C=O) groups excluding carboxylic acids is 4. The summed E-state index contributed by atoms with van der Waals surface area (Å²) < 4.78 is 72.7. The van der Waals surface area contributed by atoms with Crippen molar-refractivity contribution in [2.24, 2.45) is 17.3 Å². The maximum atomic E-state index is 16.4. The number of sulfonamides is 1. The van der Waals surface area contributed by atoms with Crippen LogP contribution in [0.1, 0.15) is 95.6 Å². The Morgan fingerprint density at radius 1 is 0.929 bits per heavy atom. The SMILES string of the molecule is O=C1N[C@H]2CCCCC/C=C/[C@@H]3C[C@@]3(C(=O)NS(=O)(=O)C3CC3)NC(=O)C3CN(C[C@@H]3Oc3nc4ccccc4nc3C(F)(F)CCCC3(CCC3)CO1)C2=O. The fourth-order valence-electron chi connectivity index (χ4n) is 8.62. The van der Waals surface area contributed by atoms with Crippen LogP contribution in [0.3, 0.4) is 0 Å². The van der Waals surface area contributed by atoms with Crippen LogP contribution in [-0.4, -0.2) is 89.7 Å². The molecule has 3 saturated carbocycles. The second kappa shape index (κ2) is 14.8. The van der Waals surface area contributed by atoms with Gasteiger partial charge in [0.15, 0.2) is 5.69 Å². The van der Waals surface area contributed by atoms with Gasteiger partial charge in [0.1, 0.15) is 17.7 Å². The molecule has 4 heterocycles. The Bertz CT molecular complexity index is 2040. The number of aromatic nitrogens is 2. The third-order valence-electron chi connectivity index (χ3n) is 12.5. The zero-order valence-corrected chi connectivity index (χ0v) is 32.0. The largest absolute Gasteiger partial charge is 0.470 e. The molecule has 3 N–H and O–H groups in total. The summed E-state index contributed by atoms with van der Waals surface area (Å²) in [6.07, 6.45) is 7.98. The predicted molar refractivity (Wildman–Crippen MR) is 198 cm³/mol. The standard InChI is InChI=1S/C39H48F2N6O8S/c40-39(41)19-9-18-37(16-8-17-37)23-54-36(51)44-29-13-5-3-1-2-4-10-24-20-38(24,35(50)46-56(52,53)25-14-15-25)45-32(48)26-21-47(34(29)49)22-30(26)55-33-31(39)42-27-11-6-7-12-28(27)43-33/h4,6-7,10-12,24-26,29-30H,1-3,5,8-9,13-23H2,(H,44,51)(H,45,48)(H,46,50)/b10-4+/t24-,26?,29+,30+,38-/m1/s1. The Labute approximate surface area is 324 Å². The van der Waals surface area contributed by atoms with Crippen molar-refractivity contribution in [1.82, 2.24) is 30.2 Å². The van der Waals surface area contributed by atoms with Crippen LogP contribution in [-0.2, 0) is 35.1 Å². The van der Waals surface area contributed by atoms with Gasteiger partial charge in [0, 0.05) is 24.3 Å². The normalized spacial score (nSPS) is 31.5. The van der Waals surface area contributed by atoms with Gasteiger partial charge >= 0.3 is 6.09 Å². The molecule has 1 aromatic carbocycles. The summed E-state index contributed by atoms with van der Waals surface area (Å²) >= 11 is 0. The molecule has 56 heavy (non-hydrogen) atoms. The van der Waals surface area contributed by atoms with Gasteiger partial charge in [-0.25, -0.2) is 23.2 Å². The molecule has 14 nitrogen and oxygen atoms in total. The number of halogens is 2. The molecular weight excluding hydrogens is 751 g/mol. The minimum atomic E-state index is -3.95. The molecule has 4 bridgehead atoms. The lowest BCUT2D eigenvalue weighted by Gasteiger charge is -2.41. The monoisotopic (exact) mass is 798 g/mol. The molecule has 4 amide bonds. The number of nitrogens with one attached hydrogen (secondary N) is 3. The van der Waals surface area contributed by atoms with E-state index in [-0.39, 0.29) is 38.1 Å². The van der Waals surface area contributed by atoms with E-state index in [1.165, 1.54) is 4.90 Å². The number of carbonyl (C=O) groups is 4. The molecule has 1 spiro atoms. The molecule has 2 aromatic rings. The first kappa shape index (κ1) is 38.5. The highest BCUT2D eigenvalue weighted by molar-refractivity contribution is 7.91. The van der Waals surface area contributed by atoms with Crippen LogP contribution in [0, 0.1) is 17.3 Å². The zero-order chi connectivity index (χ0) is 39.3.